The summed E-state index contributed by atoms with van der Waals surface area (Å²) in [6, 6.07) is 10.4. The van der Waals surface area contributed by atoms with Crippen molar-refractivity contribution in [3.05, 3.63) is 40.9 Å². The third-order valence-corrected chi connectivity index (χ3v) is 5.08. The van der Waals surface area contributed by atoms with E-state index >= 15 is 0 Å². The Morgan fingerprint density at radius 1 is 1.35 bits per heavy atom. The number of aryl methyl sites for hydroxylation is 1. The fourth-order valence-electron chi connectivity index (χ4n) is 2.98. The Morgan fingerprint density at radius 2 is 2.13 bits per heavy atom. The Balaban J connectivity index is 1.65. The minimum absolute atomic E-state index is 0.0842. The molecule has 0 spiro atoms. The Labute approximate surface area is 139 Å². The van der Waals surface area contributed by atoms with E-state index < -0.39 is 0 Å². The molecule has 2 N–H and O–H groups in total. The molecule has 0 radical (unpaired) electrons. The molecule has 7 heteroatoms. The quantitative estimate of drug-likeness (QED) is 0.904. The maximum atomic E-state index is 12.2. The maximum absolute atomic E-state index is 12.2. The minimum Gasteiger partial charge on any atom is -0.333 e. The average Bonchev–Trinajstić information content (AvgIpc) is 3.15. The van der Waals surface area contributed by atoms with Crippen molar-refractivity contribution in [2.45, 2.75) is 31.8 Å². The van der Waals surface area contributed by atoms with Gasteiger partial charge < -0.3 is 5.32 Å². The first-order chi connectivity index (χ1) is 11.2. The van der Waals surface area contributed by atoms with Crippen LogP contribution in [0.3, 0.4) is 0 Å². The summed E-state index contributed by atoms with van der Waals surface area (Å²) in [5.41, 5.74) is 1.22. The van der Waals surface area contributed by atoms with Gasteiger partial charge in [-0.2, -0.15) is 0 Å². The van der Waals surface area contributed by atoms with E-state index in [-0.39, 0.29) is 18.1 Å². The first-order valence-electron chi connectivity index (χ1n) is 7.82. The van der Waals surface area contributed by atoms with Crippen LogP contribution in [-0.4, -0.2) is 40.8 Å². The van der Waals surface area contributed by atoms with Crippen LogP contribution in [0.2, 0.25) is 0 Å². The third kappa shape index (κ3) is 3.68. The Kier molecular flexibility index (Phi) is 4.88. The predicted molar refractivity (Wildman–Crippen MR) is 91.7 cm³/mol. The van der Waals surface area contributed by atoms with E-state index in [2.05, 4.69) is 44.9 Å². The lowest BCUT2D eigenvalue weighted by Gasteiger charge is -2.26. The summed E-state index contributed by atoms with van der Waals surface area (Å²) < 4.78 is 0. The molecule has 3 rings (SSSR count). The van der Waals surface area contributed by atoms with Crippen LogP contribution < -0.4 is 10.6 Å². The Morgan fingerprint density at radius 3 is 2.83 bits per heavy atom. The molecule has 1 aromatic carbocycles. The molecular formula is C16H21N5OS. The molecule has 1 fully saturated rings. The van der Waals surface area contributed by atoms with Gasteiger partial charge in [-0.3, -0.25) is 10.2 Å². The lowest BCUT2D eigenvalue weighted by molar-refractivity contribution is 0.240. The van der Waals surface area contributed by atoms with Crippen molar-refractivity contribution in [2.24, 2.45) is 0 Å². The molecule has 2 unspecified atom stereocenters. The molecule has 2 atom stereocenters. The van der Waals surface area contributed by atoms with E-state index in [4.69, 9.17) is 0 Å². The molecule has 1 aliphatic rings. The van der Waals surface area contributed by atoms with Crippen molar-refractivity contribution in [3.8, 4) is 0 Å². The van der Waals surface area contributed by atoms with Crippen LogP contribution in [0.15, 0.2) is 30.3 Å². The maximum Gasteiger partial charge on any atom is 0.321 e. The van der Waals surface area contributed by atoms with Gasteiger partial charge in [0, 0.05) is 6.54 Å². The van der Waals surface area contributed by atoms with Gasteiger partial charge in [0.2, 0.25) is 5.13 Å². The smallest absolute Gasteiger partial charge is 0.321 e. The zero-order valence-corrected chi connectivity index (χ0v) is 14.1. The largest absolute Gasteiger partial charge is 0.333 e. The Hall–Kier alpha value is -1.99. The van der Waals surface area contributed by atoms with Gasteiger partial charge >= 0.3 is 6.03 Å². The molecular weight excluding hydrogens is 310 g/mol. The number of likely N-dealkylation sites (N-methyl/N-ethyl adjacent to an activating group) is 1. The normalized spacial score (nSPS) is 21.3. The number of nitrogens with one attached hydrogen (secondary N) is 2. The van der Waals surface area contributed by atoms with Gasteiger partial charge in [0.25, 0.3) is 0 Å². The van der Waals surface area contributed by atoms with Gasteiger partial charge in [-0.05, 0) is 25.5 Å². The van der Waals surface area contributed by atoms with Crippen molar-refractivity contribution >= 4 is 22.5 Å². The van der Waals surface area contributed by atoms with Crippen LogP contribution in [0.5, 0.6) is 0 Å². The Bertz CT molecular complexity index is 660. The first-order valence-corrected chi connectivity index (χ1v) is 8.64. The number of hydrogen-bond donors (Lipinski definition) is 2. The predicted octanol–water partition coefficient (Wildman–Crippen LogP) is 2.67. The standard InChI is InChI=1S/C16H21N5OS/c1-3-13-19-20-16(23-13)18-15(22)17-12-9-10-21(2)14(12)11-7-5-4-6-8-11/h4-8,12,14H,3,9-10H2,1-2H3,(H2,17,18,20,22). The summed E-state index contributed by atoms with van der Waals surface area (Å²) in [6.07, 6.45) is 1.75. The number of nitrogens with zero attached hydrogens (tertiary/aromatic N) is 3. The number of likely N-dealkylation sites (tertiary alicyclic amines) is 1. The van der Waals surface area contributed by atoms with E-state index in [9.17, 15) is 4.79 Å². The van der Waals surface area contributed by atoms with Gasteiger partial charge in [0.1, 0.15) is 5.01 Å². The van der Waals surface area contributed by atoms with E-state index in [1.165, 1.54) is 16.9 Å². The summed E-state index contributed by atoms with van der Waals surface area (Å²) in [5.74, 6) is 0. The summed E-state index contributed by atoms with van der Waals surface area (Å²) in [7, 11) is 2.09. The molecule has 1 aromatic heterocycles. The topological polar surface area (TPSA) is 70.1 Å². The lowest BCUT2D eigenvalue weighted by atomic mass is 10.0. The van der Waals surface area contributed by atoms with E-state index in [1.54, 1.807) is 0 Å². The molecule has 2 heterocycles. The van der Waals surface area contributed by atoms with Crippen molar-refractivity contribution in [1.82, 2.24) is 20.4 Å². The number of carbonyl (C=O) groups excluding carboxylic acids is 1. The molecule has 0 bridgehead atoms. The fraction of sp³-hybridized carbons (Fsp3) is 0.438. The summed E-state index contributed by atoms with van der Waals surface area (Å²) >= 11 is 1.41. The van der Waals surface area contributed by atoms with Crippen molar-refractivity contribution in [1.29, 1.82) is 0 Å². The summed E-state index contributed by atoms with van der Waals surface area (Å²) in [6.45, 7) is 2.98. The molecule has 1 saturated heterocycles. The van der Waals surface area contributed by atoms with Gasteiger partial charge in [0.15, 0.2) is 0 Å². The van der Waals surface area contributed by atoms with Crippen molar-refractivity contribution in [2.75, 3.05) is 18.9 Å². The number of amides is 2. The summed E-state index contributed by atoms with van der Waals surface area (Å²) in [4.78, 5) is 14.5. The number of benzene rings is 1. The second kappa shape index (κ2) is 7.06. The third-order valence-electron chi connectivity index (χ3n) is 4.10. The lowest BCUT2D eigenvalue weighted by Crippen LogP contribution is -2.41. The van der Waals surface area contributed by atoms with Crippen LogP contribution in [0.25, 0.3) is 0 Å². The summed E-state index contributed by atoms with van der Waals surface area (Å²) in [5, 5.41) is 15.3. The fourth-order valence-corrected chi connectivity index (χ4v) is 3.66. The molecule has 6 nitrogen and oxygen atoms in total. The van der Waals surface area contributed by atoms with Crippen LogP contribution in [0.1, 0.15) is 30.0 Å². The molecule has 23 heavy (non-hydrogen) atoms. The van der Waals surface area contributed by atoms with Crippen LogP contribution in [-0.2, 0) is 6.42 Å². The van der Waals surface area contributed by atoms with Gasteiger partial charge in [0.05, 0.1) is 12.1 Å². The van der Waals surface area contributed by atoms with E-state index in [0.717, 1.165) is 24.4 Å². The number of aromatic nitrogens is 2. The highest BCUT2D eigenvalue weighted by Crippen LogP contribution is 2.30. The number of rotatable bonds is 4. The van der Waals surface area contributed by atoms with E-state index in [0.29, 0.717) is 5.13 Å². The van der Waals surface area contributed by atoms with E-state index in [1.807, 2.05) is 25.1 Å². The molecule has 2 amide bonds. The molecule has 122 valence electrons. The first kappa shape index (κ1) is 15.9. The molecule has 0 aliphatic carbocycles. The highest BCUT2D eigenvalue weighted by atomic mass is 32.1. The second-order valence-corrected chi connectivity index (χ2v) is 6.75. The molecule has 2 aromatic rings. The zero-order chi connectivity index (χ0) is 16.2. The van der Waals surface area contributed by atoms with Crippen LogP contribution in [0.4, 0.5) is 9.93 Å². The molecule has 1 aliphatic heterocycles. The highest BCUT2D eigenvalue weighted by molar-refractivity contribution is 7.15. The zero-order valence-electron chi connectivity index (χ0n) is 13.3. The number of hydrogen-bond acceptors (Lipinski definition) is 5. The van der Waals surface area contributed by atoms with Gasteiger partial charge in [-0.25, -0.2) is 4.79 Å². The minimum atomic E-state index is -0.218. The SMILES string of the molecule is CCc1nnc(NC(=O)NC2CCN(C)C2c2ccccc2)s1. The van der Waals surface area contributed by atoms with Gasteiger partial charge in [-0.1, -0.05) is 48.6 Å². The van der Waals surface area contributed by atoms with Crippen molar-refractivity contribution in [3.63, 3.8) is 0 Å². The van der Waals surface area contributed by atoms with Crippen LogP contribution >= 0.6 is 11.3 Å². The number of carbonyl (C=O) groups is 1. The highest BCUT2D eigenvalue weighted by Gasteiger charge is 2.34. The van der Waals surface area contributed by atoms with Crippen molar-refractivity contribution < 1.29 is 4.79 Å². The monoisotopic (exact) mass is 331 g/mol. The average molecular weight is 331 g/mol. The van der Waals surface area contributed by atoms with Gasteiger partial charge in [-0.15, -0.1) is 10.2 Å². The number of urea groups is 1. The molecule has 0 saturated carbocycles. The number of anilines is 1. The van der Waals surface area contributed by atoms with Crippen LogP contribution in [0, 0.1) is 0 Å². The second-order valence-electron chi connectivity index (χ2n) is 5.68.